The summed E-state index contributed by atoms with van der Waals surface area (Å²) in [5, 5.41) is 8.35. The molecule has 0 radical (unpaired) electrons. The molecule has 0 spiro atoms. The van der Waals surface area contributed by atoms with Crippen molar-refractivity contribution in [2.24, 2.45) is 10.2 Å². The molecule has 3 aromatic carbocycles. The highest BCUT2D eigenvalue weighted by molar-refractivity contribution is 5.89. The lowest BCUT2D eigenvalue weighted by atomic mass is 10.2. The Balaban J connectivity index is 1.59. The molecule has 0 aliphatic rings. The summed E-state index contributed by atoms with van der Waals surface area (Å²) in [5.41, 5.74) is 4.10. The van der Waals surface area contributed by atoms with Gasteiger partial charge < -0.3 is 4.74 Å². The third-order valence-corrected chi connectivity index (χ3v) is 3.63. The van der Waals surface area contributed by atoms with Crippen molar-refractivity contribution < 1.29 is 9.53 Å². The molecule has 0 fully saturated rings. The number of rotatable bonds is 5. The van der Waals surface area contributed by atoms with Crippen LogP contribution in [0, 0.1) is 6.92 Å². The second kappa shape index (κ2) is 8.02. The second-order valence-electron chi connectivity index (χ2n) is 5.64. The maximum atomic E-state index is 12.1. The van der Waals surface area contributed by atoms with Gasteiger partial charge in [-0.1, -0.05) is 48.0 Å². The summed E-state index contributed by atoms with van der Waals surface area (Å²) in [5.74, 6) is -0.356. The van der Waals surface area contributed by atoms with E-state index in [9.17, 15) is 4.79 Å². The fourth-order valence-corrected chi connectivity index (χ4v) is 2.20. The van der Waals surface area contributed by atoms with E-state index in [0.717, 1.165) is 11.3 Å². The Morgan fingerprint density at radius 3 is 1.96 bits per heavy atom. The van der Waals surface area contributed by atoms with Crippen LogP contribution < -0.4 is 0 Å². The molecule has 0 saturated heterocycles. The number of nitrogens with zero attached hydrogens (tertiary/aromatic N) is 2. The smallest absolute Gasteiger partial charge is 0.338 e. The summed E-state index contributed by atoms with van der Waals surface area (Å²) < 4.78 is 5.30. The lowest BCUT2D eigenvalue weighted by Gasteiger charge is -2.05. The van der Waals surface area contributed by atoms with Crippen molar-refractivity contribution in [1.29, 1.82) is 0 Å². The van der Waals surface area contributed by atoms with Crippen LogP contribution in [0.25, 0.3) is 0 Å². The van der Waals surface area contributed by atoms with Gasteiger partial charge in [0, 0.05) is 0 Å². The molecule has 0 atom stereocenters. The lowest BCUT2D eigenvalue weighted by molar-refractivity contribution is 0.0473. The Morgan fingerprint density at radius 2 is 1.36 bits per heavy atom. The highest BCUT2D eigenvalue weighted by Gasteiger charge is 2.07. The van der Waals surface area contributed by atoms with E-state index >= 15 is 0 Å². The molecule has 0 unspecified atom stereocenters. The summed E-state index contributed by atoms with van der Waals surface area (Å²) in [7, 11) is 0. The van der Waals surface area contributed by atoms with Crippen molar-refractivity contribution in [3.8, 4) is 0 Å². The molecular formula is C21H18N2O2. The van der Waals surface area contributed by atoms with Crippen LogP contribution in [0.15, 0.2) is 89.1 Å². The minimum Gasteiger partial charge on any atom is -0.457 e. The van der Waals surface area contributed by atoms with E-state index in [-0.39, 0.29) is 12.6 Å². The van der Waals surface area contributed by atoms with Gasteiger partial charge in [0.2, 0.25) is 0 Å². The number of carbonyl (C=O) groups is 1. The van der Waals surface area contributed by atoms with E-state index < -0.39 is 0 Å². The number of hydrogen-bond donors (Lipinski definition) is 0. The Bertz CT molecular complexity index is 855. The number of hydrogen-bond acceptors (Lipinski definition) is 4. The average Bonchev–Trinajstić information content (AvgIpc) is 2.67. The number of ether oxygens (including phenoxy) is 1. The van der Waals surface area contributed by atoms with Gasteiger partial charge in [-0.2, -0.15) is 10.2 Å². The summed E-state index contributed by atoms with van der Waals surface area (Å²) in [6.45, 7) is 2.28. The van der Waals surface area contributed by atoms with Gasteiger partial charge in [0.15, 0.2) is 0 Å². The van der Waals surface area contributed by atoms with Gasteiger partial charge in [0.1, 0.15) is 6.61 Å². The molecule has 0 aliphatic carbocycles. The Hall–Kier alpha value is -3.27. The first-order chi connectivity index (χ1) is 12.2. The summed E-state index contributed by atoms with van der Waals surface area (Å²) in [4.78, 5) is 12.1. The first-order valence-corrected chi connectivity index (χ1v) is 8.00. The third-order valence-electron chi connectivity index (χ3n) is 3.63. The zero-order valence-corrected chi connectivity index (χ0v) is 13.9. The SMILES string of the molecule is Cc1ccc(N=Nc2ccc(C(=O)OCc3ccccc3)cc2)cc1. The maximum Gasteiger partial charge on any atom is 0.338 e. The van der Waals surface area contributed by atoms with Gasteiger partial charge in [0.05, 0.1) is 16.9 Å². The van der Waals surface area contributed by atoms with Crippen molar-refractivity contribution in [2.45, 2.75) is 13.5 Å². The van der Waals surface area contributed by atoms with Crippen LogP contribution in [0.5, 0.6) is 0 Å². The van der Waals surface area contributed by atoms with Crippen LogP contribution in [-0.2, 0) is 11.3 Å². The quantitative estimate of drug-likeness (QED) is 0.440. The molecule has 0 bridgehead atoms. The molecule has 0 N–H and O–H groups in total. The Morgan fingerprint density at radius 1 is 0.800 bits per heavy atom. The number of aryl methyl sites for hydroxylation is 1. The molecule has 25 heavy (non-hydrogen) atoms. The lowest BCUT2D eigenvalue weighted by Crippen LogP contribution is -2.04. The molecule has 3 aromatic rings. The van der Waals surface area contributed by atoms with E-state index in [4.69, 9.17) is 4.74 Å². The summed E-state index contributed by atoms with van der Waals surface area (Å²) >= 11 is 0. The first-order valence-electron chi connectivity index (χ1n) is 8.00. The predicted molar refractivity (Wildman–Crippen MR) is 97.4 cm³/mol. The molecule has 4 heteroatoms. The van der Waals surface area contributed by atoms with E-state index in [1.807, 2.05) is 61.5 Å². The molecular weight excluding hydrogens is 312 g/mol. The molecule has 0 amide bonds. The number of esters is 1. The van der Waals surface area contributed by atoms with Crippen molar-refractivity contribution >= 4 is 17.3 Å². The average molecular weight is 330 g/mol. The second-order valence-corrected chi connectivity index (χ2v) is 5.64. The number of benzene rings is 3. The molecule has 0 heterocycles. The van der Waals surface area contributed by atoms with E-state index in [0.29, 0.717) is 11.3 Å². The molecule has 3 rings (SSSR count). The van der Waals surface area contributed by atoms with Gasteiger partial charge in [-0.15, -0.1) is 0 Å². The van der Waals surface area contributed by atoms with Gasteiger partial charge in [-0.3, -0.25) is 0 Å². The Labute approximate surface area is 146 Å². The van der Waals surface area contributed by atoms with E-state index in [2.05, 4.69) is 10.2 Å². The van der Waals surface area contributed by atoms with Crippen molar-refractivity contribution in [1.82, 2.24) is 0 Å². The standard InChI is InChI=1S/C21H18N2O2/c1-16-7-11-19(12-8-16)22-23-20-13-9-18(10-14-20)21(24)25-15-17-5-3-2-4-6-17/h2-14H,15H2,1H3. The largest absolute Gasteiger partial charge is 0.457 e. The van der Waals surface area contributed by atoms with Crippen LogP contribution >= 0.6 is 0 Å². The third kappa shape index (κ3) is 4.85. The zero-order chi connectivity index (χ0) is 17.5. The van der Waals surface area contributed by atoms with Crippen LogP contribution in [-0.4, -0.2) is 5.97 Å². The molecule has 4 nitrogen and oxygen atoms in total. The Kier molecular flexibility index (Phi) is 5.32. The topological polar surface area (TPSA) is 51.0 Å². The molecule has 0 saturated carbocycles. The predicted octanol–water partition coefficient (Wildman–Crippen LogP) is 5.77. The fraction of sp³-hybridized carbons (Fsp3) is 0.0952. The van der Waals surface area contributed by atoms with E-state index in [1.54, 1.807) is 24.3 Å². The zero-order valence-electron chi connectivity index (χ0n) is 13.9. The first kappa shape index (κ1) is 16.6. The highest BCUT2D eigenvalue weighted by Crippen LogP contribution is 2.19. The van der Waals surface area contributed by atoms with Crippen LogP contribution in [0.1, 0.15) is 21.5 Å². The van der Waals surface area contributed by atoms with Crippen LogP contribution in [0.4, 0.5) is 11.4 Å². The summed E-state index contributed by atoms with van der Waals surface area (Å²) in [6, 6.07) is 24.3. The van der Waals surface area contributed by atoms with Crippen molar-refractivity contribution in [2.75, 3.05) is 0 Å². The van der Waals surface area contributed by atoms with Gasteiger partial charge in [-0.25, -0.2) is 4.79 Å². The van der Waals surface area contributed by atoms with Gasteiger partial charge in [0.25, 0.3) is 0 Å². The van der Waals surface area contributed by atoms with Crippen molar-refractivity contribution in [3.05, 3.63) is 95.6 Å². The minimum absolute atomic E-state index is 0.258. The molecule has 0 aliphatic heterocycles. The highest BCUT2D eigenvalue weighted by atomic mass is 16.5. The minimum atomic E-state index is -0.356. The number of azo groups is 1. The van der Waals surface area contributed by atoms with Crippen LogP contribution in [0.2, 0.25) is 0 Å². The molecule has 0 aromatic heterocycles. The normalized spacial score (nSPS) is 10.8. The van der Waals surface area contributed by atoms with Crippen molar-refractivity contribution in [3.63, 3.8) is 0 Å². The van der Waals surface area contributed by atoms with Crippen LogP contribution in [0.3, 0.4) is 0 Å². The molecule has 124 valence electrons. The fourth-order valence-electron chi connectivity index (χ4n) is 2.20. The summed E-state index contributed by atoms with van der Waals surface area (Å²) in [6.07, 6.45) is 0. The van der Waals surface area contributed by atoms with E-state index in [1.165, 1.54) is 5.56 Å². The number of carbonyl (C=O) groups excluding carboxylic acids is 1. The van der Waals surface area contributed by atoms with Gasteiger partial charge in [-0.05, 0) is 48.9 Å². The monoisotopic (exact) mass is 330 g/mol. The van der Waals surface area contributed by atoms with Gasteiger partial charge >= 0.3 is 5.97 Å². The maximum absolute atomic E-state index is 12.1.